The van der Waals surface area contributed by atoms with Gasteiger partial charge >= 0.3 is 0 Å². The molecule has 3 rings (SSSR count). The Morgan fingerprint density at radius 1 is 1.14 bits per heavy atom. The summed E-state index contributed by atoms with van der Waals surface area (Å²) in [7, 11) is -3.70. The SMILES string of the molecule is CC(=O)Nc1cccc(NC(=O)C2CCN(S(=O)(=O)c3c(C)noc3C)CC2)c1. The van der Waals surface area contributed by atoms with Crippen LogP contribution >= 0.6 is 0 Å². The van der Waals surface area contributed by atoms with Gasteiger partial charge in [0.05, 0.1) is 0 Å². The minimum atomic E-state index is -3.70. The number of hydrogen-bond donors (Lipinski definition) is 2. The van der Waals surface area contributed by atoms with E-state index in [4.69, 9.17) is 4.52 Å². The van der Waals surface area contributed by atoms with Crippen molar-refractivity contribution in [3.05, 3.63) is 35.7 Å². The summed E-state index contributed by atoms with van der Waals surface area (Å²) in [5.41, 5.74) is 1.50. The third-order valence-electron chi connectivity index (χ3n) is 4.84. The first-order valence-electron chi connectivity index (χ1n) is 9.30. The fourth-order valence-corrected chi connectivity index (χ4v) is 5.21. The van der Waals surface area contributed by atoms with Crippen molar-refractivity contribution in [1.29, 1.82) is 0 Å². The Morgan fingerprint density at radius 3 is 2.31 bits per heavy atom. The van der Waals surface area contributed by atoms with Crippen molar-refractivity contribution in [3.63, 3.8) is 0 Å². The summed E-state index contributed by atoms with van der Waals surface area (Å²) < 4.78 is 32.1. The highest BCUT2D eigenvalue weighted by molar-refractivity contribution is 7.89. The van der Waals surface area contributed by atoms with E-state index >= 15 is 0 Å². The summed E-state index contributed by atoms with van der Waals surface area (Å²) >= 11 is 0. The highest BCUT2D eigenvalue weighted by atomic mass is 32.2. The first kappa shape index (κ1) is 21.0. The Kier molecular flexibility index (Phi) is 6.04. The first-order valence-corrected chi connectivity index (χ1v) is 10.7. The van der Waals surface area contributed by atoms with E-state index in [0.717, 1.165) is 0 Å². The van der Waals surface area contributed by atoms with Gasteiger partial charge in [0, 0.05) is 37.3 Å². The monoisotopic (exact) mass is 420 g/mol. The van der Waals surface area contributed by atoms with E-state index in [1.54, 1.807) is 38.1 Å². The standard InChI is InChI=1S/C19H24N4O5S/c1-12-18(13(2)28-22-12)29(26,27)23-9-7-15(8-10-23)19(25)21-17-6-4-5-16(11-17)20-14(3)24/h4-6,11,15H,7-10H2,1-3H3,(H,20,24)(H,21,25). The number of sulfonamides is 1. The molecule has 2 heterocycles. The molecule has 0 saturated carbocycles. The summed E-state index contributed by atoms with van der Waals surface area (Å²) in [6.07, 6.45) is 0.833. The van der Waals surface area contributed by atoms with E-state index in [9.17, 15) is 18.0 Å². The highest BCUT2D eigenvalue weighted by Crippen LogP contribution is 2.28. The van der Waals surface area contributed by atoms with Crippen LogP contribution in [0, 0.1) is 19.8 Å². The maximum atomic E-state index is 12.9. The number of benzene rings is 1. The van der Waals surface area contributed by atoms with Crippen LogP contribution < -0.4 is 10.6 Å². The molecule has 1 saturated heterocycles. The average Bonchev–Trinajstić information content (AvgIpc) is 3.00. The normalized spacial score (nSPS) is 15.8. The molecule has 1 fully saturated rings. The predicted octanol–water partition coefficient (Wildman–Crippen LogP) is 2.29. The van der Waals surface area contributed by atoms with Crippen LogP contribution in [-0.2, 0) is 19.6 Å². The van der Waals surface area contributed by atoms with Crippen molar-refractivity contribution in [1.82, 2.24) is 9.46 Å². The van der Waals surface area contributed by atoms with Crippen LogP contribution in [0.5, 0.6) is 0 Å². The molecule has 0 bridgehead atoms. The Labute approximate surface area is 169 Å². The maximum absolute atomic E-state index is 12.9. The highest BCUT2D eigenvalue weighted by Gasteiger charge is 2.35. The van der Waals surface area contributed by atoms with Crippen LogP contribution in [-0.4, -0.2) is 42.8 Å². The summed E-state index contributed by atoms with van der Waals surface area (Å²) in [5.74, 6) is -0.392. The number of piperidine rings is 1. The fraction of sp³-hybridized carbons (Fsp3) is 0.421. The Bertz CT molecular complexity index is 1000. The van der Waals surface area contributed by atoms with Gasteiger partial charge in [0.1, 0.15) is 10.6 Å². The molecule has 0 unspecified atom stereocenters. The number of aryl methyl sites for hydroxylation is 2. The first-order chi connectivity index (χ1) is 13.7. The predicted molar refractivity (Wildman–Crippen MR) is 107 cm³/mol. The van der Waals surface area contributed by atoms with Crippen LogP contribution in [0.15, 0.2) is 33.7 Å². The molecule has 2 aromatic rings. The zero-order valence-electron chi connectivity index (χ0n) is 16.6. The van der Waals surface area contributed by atoms with Gasteiger partial charge in [-0.25, -0.2) is 8.42 Å². The molecule has 0 atom stereocenters. The molecule has 2 N–H and O–H groups in total. The molecular formula is C19H24N4O5S. The minimum absolute atomic E-state index is 0.107. The molecule has 29 heavy (non-hydrogen) atoms. The average molecular weight is 420 g/mol. The van der Waals surface area contributed by atoms with Gasteiger partial charge in [0.25, 0.3) is 0 Å². The Balaban J connectivity index is 1.62. The molecule has 2 amide bonds. The van der Waals surface area contributed by atoms with Crippen LogP contribution in [0.2, 0.25) is 0 Å². The van der Waals surface area contributed by atoms with Crippen LogP contribution in [0.25, 0.3) is 0 Å². The third-order valence-corrected chi connectivity index (χ3v) is 6.98. The van der Waals surface area contributed by atoms with Crippen molar-refractivity contribution in [2.24, 2.45) is 5.92 Å². The number of hydrogen-bond acceptors (Lipinski definition) is 6. The summed E-state index contributed by atoms with van der Waals surface area (Å²) in [4.78, 5) is 23.9. The Morgan fingerprint density at radius 2 is 1.76 bits per heavy atom. The van der Waals surface area contributed by atoms with E-state index in [1.807, 2.05) is 0 Å². The molecule has 1 aromatic heterocycles. The Hall–Kier alpha value is -2.72. The van der Waals surface area contributed by atoms with Gasteiger partial charge in [-0.2, -0.15) is 4.31 Å². The van der Waals surface area contributed by atoms with Crippen molar-refractivity contribution in [2.75, 3.05) is 23.7 Å². The second-order valence-corrected chi connectivity index (χ2v) is 8.96. The van der Waals surface area contributed by atoms with Gasteiger partial charge in [-0.1, -0.05) is 11.2 Å². The second-order valence-electron chi connectivity index (χ2n) is 7.08. The van der Waals surface area contributed by atoms with Crippen LogP contribution in [0.3, 0.4) is 0 Å². The number of nitrogens with one attached hydrogen (secondary N) is 2. The lowest BCUT2D eigenvalue weighted by Gasteiger charge is -2.30. The lowest BCUT2D eigenvalue weighted by atomic mass is 9.97. The van der Waals surface area contributed by atoms with Gasteiger partial charge < -0.3 is 15.2 Å². The lowest BCUT2D eigenvalue weighted by Crippen LogP contribution is -2.41. The van der Waals surface area contributed by atoms with E-state index < -0.39 is 10.0 Å². The van der Waals surface area contributed by atoms with Crippen LogP contribution in [0.4, 0.5) is 11.4 Å². The molecule has 156 valence electrons. The van der Waals surface area contributed by atoms with Crippen molar-refractivity contribution >= 4 is 33.2 Å². The molecule has 1 aliphatic rings. The maximum Gasteiger partial charge on any atom is 0.248 e. The number of nitrogens with zero attached hydrogens (tertiary/aromatic N) is 2. The molecular weight excluding hydrogens is 396 g/mol. The molecule has 0 spiro atoms. The van der Waals surface area contributed by atoms with Gasteiger partial charge in [0.15, 0.2) is 5.76 Å². The van der Waals surface area contributed by atoms with Gasteiger partial charge in [-0.15, -0.1) is 0 Å². The smallest absolute Gasteiger partial charge is 0.248 e. The van der Waals surface area contributed by atoms with Gasteiger partial charge in [-0.3, -0.25) is 9.59 Å². The number of anilines is 2. The van der Waals surface area contributed by atoms with Crippen molar-refractivity contribution < 1.29 is 22.5 Å². The molecule has 1 aliphatic heterocycles. The largest absolute Gasteiger partial charge is 0.360 e. The quantitative estimate of drug-likeness (QED) is 0.765. The lowest BCUT2D eigenvalue weighted by molar-refractivity contribution is -0.121. The molecule has 1 aromatic carbocycles. The van der Waals surface area contributed by atoms with E-state index in [-0.39, 0.29) is 41.5 Å². The van der Waals surface area contributed by atoms with E-state index in [2.05, 4.69) is 15.8 Å². The zero-order chi connectivity index (χ0) is 21.2. The molecule has 0 aliphatic carbocycles. The van der Waals surface area contributed by atoms with Crippen molar-refractivity contribution in [2.45, 2.75) is 38.5 Å². The summed E-state index contributed by atoms with van der Waals surface area (Å²) in [6.45, 7) is 5.07. The second kappa shape index (κ2) is 8.34. The van der Waals surface area contributed by atoms with Crippen LogP contribution in [0.1, 0.15) is 31.2 Å². The number of rotatable bonds is 5. The molecule has 10 heteroatoms. The van der Waals surface area contributed by atoms with E-state index in [1.165, 1.54) is 11.2 Å². The number of carbonyl (C=O) groups excluding carboxylic acids is 2. The minimum Gasteiger partial charge on any atom is -0.360 e. The zero-order valence-corrected chi connectivity index (χ0v) is 17.4. The van der Waals surface area contributed by atoms with Crippen molar-refractivity contribution in [3.8, 4) is 0 Å². The third kappa shape index (κ3) is 4.65. The molecule has 9 nitrogen and oxygen atoms in total. The topological polar surface area (TPSA) is 122 Å². The fourth-order valence-electron chi connectivity index (χ4n) is 3.45. The molecule has 0 radical (unpaired) electrons. The number of amides is 2. The van der Waals surface area contributed by atoms with Gasteiger partial charge in [0.2, 0.25) is 21.8 Å². The van der Waals surface area contributed by atoms with Gasteiger partial charge in [-0.05, 0) is 44.9 Å². The number of carbonyl (C=O) groups is 2. The van der Waals surface area contributed by atoms with E-state index in [0.29, 0.717) is 29.9 Å². The summed E-state index contributed by atoms with van der Waals surface area (Å²) in [6, 6.07) is 6.88. The number of aromatic nitrogens is 1. The summed E-state index contributed by atoms with van der Waals surface area (Å²) in [5, 5.41) is 9.23.